The molecule has 3 N–H and O–H groups in total. The standard InChI is InChI=1S/C12H11ClN4S/c13-9-4-1-5-10(11(9)12(14)18)15-7-8-3-2-6-16-17-8/h1-6,15H,7H2,(H2,14,18). The van der Waals surface area contributed by atoms with Crippen LogP contribution in [0.15, 0.2) is 36.5 Å². The maximum atomic E-state index is 6.07. The van der Waals surface area contributed by atoms with Gasteiger partial charge in [0.1, 0.15) is 4.99 Å². The summed E-state index contributed by atoms with van der Waals surface area (Å²) < 4.78 is 0. The van der Waals surface area contributed by atoms with Crippen LogP contribution < -0.4 is 11.1 Å². The summed E-state index contributed by atoms with van der Waals surface area (Å²) in [7, 11) is 0. The number of rotatable bonds is 4. The lowest BCUT2D eigenvalue weighted by molar-refractivity contribution is 0.925. The minimum Gasteiger partial charge on any atom is -0.389 e. The number of nitrogens with one attached hydrogen (secondary N) is 1. The normalized spacial score (nSPS) is 10.1. The second-order valence-electron chi connectivity index (χ2n) is 3.60. The molecule has 2 aromatic rings. The summed E-state index contributed by atoms with van der Waals surface area (Å²) in [4.78, 5) is 0.266. The van der Waals surface area contributed by atoms with Gasteiger partial charge in [-0.15, -0.1) is 0 Å². The number of nitrogens with zero attached hydrogens (tertiary/aromatic N) is 2. The smallest absolute Gasteiger partial charge is 0.107 e. The molecule has 0 atom stereocenters. The van der Waals surface area contributed by atoms with Crippen LogP contribution in [0, 0.1) is 0 Å². The van der Waals surface area contributed by atoms with Gasteiger partial charge in [0.25, 0.3) is 0 Å². The fourth-order valence-corrected chi connectivity index (χ4v) is 2.09. The first-order valence-electron chi connectivity index (χ1n) is 5.27. The largest absolute Gasteiger partial charge is 0.389 e. The Hall–Kier alpha value is -1.72. The summed E-state index contributed by atoms with van der Waals surface area (Å²) in [5, 5.41) is 11.5. The van der Waals surface area contributed by atoms with Gasteiger partial charge in [0, 0.05) is 11.9 Å². The molecule has 0 unspecified atom stereocenters. The van der Waals surface area contributed by atoms with Gasteiger partial charge in [-0.2, -0.15) is 10.2 Å². The Bertz CT molecular complexity index is 559. The molecule has 0 saturated carbocycles. The molecule has 92 valence electrons. The van der Waals surface area contributed by atoms with E-state index in [-0.39, 0.29) is 4.99 Å². The second-order valence-corrected chi connectivity index (χ2v) is 4.44. The van der Waals surface area contributed by atoms with Gasteiger partial charge in [0.2, 0.25) is 0 Å². The zero-order valence-corrected chi connectivity index (χ0v) is 11.0. The third-order valence-corrected chi connectivity index (χ3v) is 2.87. The molecule has 2 rings (SSSR count). The summed E-state index contributed by atoms with van der Waals surface area (Å²) in [6.45, 7) is 0.532. The van der Waals surface area contributed by atoms with Crippen molar-refractivity contribution in [3.63, 3.8) is 0 Å². The molecule has 4 nitrogen and oxygen atoms in total. The van der Waals surface area contributed by atoms with E-state index in [4.69, 9.17) is 29.6 Å². The van der Waals surface area contributed by atoms with Crippen molar-refractivity contribution >= 4 is 34.5 Å². The van der Waals surface area contributed by atoms with Crippen molar-refractivity contribution in [1.29, 1.82) is 0 Å². The Morgan fingerprint density at radius 1 is 1.33 bits per heavy atom. The minimum absolute atomic E-state index is 0.266. The number of hydrogen-bond acceptors (Lipinski definition) is 4. The van der Waals surface area contributed by atoms with E-state index in [2.05, 4.69) is 15.5 Å². The van der Waals surface area contributed by atoms with Crippen molar-refractivity contribution in [2.24, 2.45) is 5.73 Å². The lowest BCUT2D eigenvalue weighted by Gasteiger charge is -2.11. The number of halogens is 1. The monoisotopic (exact) mass is 278 g/mol. The maximum absolute atomic E-state index is 6.07. The molecule has 0 saturated heterocycles. The Morgan fingerprint density at radius 3 is 2.83 bits per heavy atom. The van der Waals surface area contributed by atoms with E-state index in [0.717, 1.165) is 11.4 Å². The molecule has 0 fully saturated rings. The van der Waals surface area contributed by atoms with E-state index < -0.39 is 0 Å². The fourth-order valence-electron chi connectivity index (χ4n) is 1.54. The first kappa shape index (κ1) is 12.7. The van der Waals surface area contributed by atoms with Crippen LogP contribution in [-0.2, 0) is 6.54 Å². The highest BCUT2D eigenvalue weighted by atomic mass is 35.5. The van der Waals surface area contributed by atoms with Gasteiger partial charge >= 0.3 is 0 Å². The van der Waals surface area contributed by atoms with E-state index in [1.807, 2.05) is 24.3 Å². The molecule has 0 aliphatic heterocycles. The van der Waals surface area contributed by atoms with Crippen LogP contribution in [-0.4, -0.2) is 15.2 Å². The van der Waals surface area contributed by atoms with E-state index in [1.54, 1.807) is 12.3 Å². The van der Waals surface area contributed by atoms with Gasteiger partial charge in [0.05, 0.1) is 22.8 Å². The molecule has 1 aromatic carbocycles. The summed E-state index contributed by atoms with van der Waals surface area (Å²) >= 11 is 11.1. The highest BCUT2D eigenvalue weighted by Crippen LogP contribution is 2.24. The topological polar surface area (TPSA) is 63.8 Å². The number of hydrogen-bond donors (Lipinski definition) is 2. The molecule has 1 heterocycles. The molecule has 18 heavy (non-hydrogen) atoms. The van der Waals surface area contributed by atoms with Crippen LogP contribution in [0.2, 0.25) is 5.02 Å². The Kier molecular flexibility index (Phi) is 4.07. The fraction of sp³-hybridized carbons (Fsp3) is 0.0833. The molecule has 0 aliphatic carbocycles. The quantitative estimate of drug-likeness (QED) is 0.841. The average molecular weight is 279 g/mol. The van der Waals surface area contributed by atoms with Crippen molar-refractivity contribution < 1.29 is 0 Å². The molecule has 1 aromatic heterocycles. The van der Waals surface area contributed by atoms with Gasteiger partial charge in [-0.3, -0.25) is 0 Å². The second kappa shape index (κ2) is 5.75. The number of thiocarbonyl (C=S) groups is 1. The van der Waals surface area contributed by atoms with Crippen LogP contribution in [0.5, 0.6) is 0 Å². The zero-order chi connectivity index (χ0) is 13.0. The number of benzene rings is 1. The maximum Gasteiger partial charge on any atom is 0.107 e. The molecule has 0 amide bonds. The van der Waals surface area contributed by atoms with Crippen LogP contribution in [0.1, 0.15) is 11.3 Å². The summed E-state index contributed by atoms with van der Waals surface area (Å²) in [5.74, 6) is 0. The van der Waals surface area contributed by atoms with Gasteiger partial charge in [-0.25, -0.2) is 0 Å². The minimum atomic E-state index is 0.266. The van der Waals surface area contributed by atoms with Crippen LogP contribution >= 0.6 is 23.8 Å². The van der Waals surface area contributed by atoms with Crippen molar-refractivity contribution in [3.8, 4) is 0 Å². The summed E-state index contributed by atoms with van der Waals surface area (Å²) in [5.41, 5.74) is 7.93. The Balaban J connectivity index is 2.20. The Morgan fingerprint density at radius 2 is 2.17 bits per heavy atom. The first-order chi connectivity index (χ1) is 8.68. The highest BCUT2D eigenvalue weighted by molar-refractivity contribution is 7.80. The SMILES string of the molecule is NC(=S)c1c(Cl)cccc1NCc1cccnn1. The van der Waals surface area contributed by atoms with Gasteiger partial charge in [-0.05, 0) is 24.3 Å². The highest BCUT2D eigenvalue weighted by Gasteiger charge is 2.09. The van der Waals surface area contributed by atoms with Gasteiger partial charge in [-0.1, -0.05) is 29.9 Å². The van der Waals surface area contributed by atoms with Gasteiger partial charge < -0.3 is 11.1 Å². The summed E-state index contributed by atoms with van der Waals surface area (Å²) in [6.07, 6.45) is 1.63. The lowest BCUT2D eigenvalue weighted by atomic mass is 10.1. The Labute approximate surface area is 115 Å². The van der Waals surface area contributed by atoms with E-state index >= 15 is 0 Å². The molecule has 0 aliphatic rings. The van der Waals surface area contributed by atoms with Crippen molar-refractivity contribution in [3.05, 3.63) is 52.8 Å². The van der Waals surface area contributed by atoms with Crippen LogP contribution in [0.3, 0.4) is 0 Å². The third-order valence-electron chi connectivity index (χ3n) is 2.35. The predicted octanol–water partition coefficient (Wildman–Crippen LogP) is 2.38. The van der Waals surface area contributed by atoms with Crippen molar-refractivity contribution in [2.45, 2.75) is 6.54 Å². The number of nitrogens with two attached hydrogens (primary N) is 1. The molecular weight excluding hydrogens is 268 g/mol. The van der Waals surface area contributed by atoms with E-state index in [1.165, 1.54) is 0 Å². The van der Waals surface area contributed by atoms with Crippen LogP contribution in [0.4, 0.5) is 5.69 Å². The lowest BCUT2D eigenvalue weighted by Crippen LogP contribution is -2.14. The molecular formula is C12H11ClN4S. The van der Waals surface area contributed by atoms with Gasteiger partial charge in [0.15, 0.2) is 0 Å². The van der Waals surface area contributed by atoms with Crippen molar-refractivity contribution in [2.75, 3.05) is 5.32 Å². The van der Waals surface area contributed by atoms with E-state index in [9.17, 15) is 0 Å². The summed E-state index contributed by atoms with van der Waals surface area (Å²) in [6, 6.07) is 9.17. The number of aromatic nitrogens is 2. The average Bonchev–Trinajstić information content (AvgIpc) is 2.37. The molecule has 0 spiro atoms. The van der Waals surface area contributed by atoms with Crippen LogP contribution in [0.25, 0.3) is 0 Å². The predicted molar refractivity (Wildman–Crippen MR) is 76.7 cm³/mol. The molecule has 0 bridgehead atoms. The van der Waals surface area contributed by atoms with E-state index in [0.29, 0.717) is 17.1 Å². The molecule has 0 radical (unpaired) electrons. The first-order valence-corrected chi connectivity index (χ1v) is 6.06. The van der Waals surface area contributed by atoms with Crippen molar-refractivity contribution in [1.82, 2.24) is 10.2 Å². The number of anilines is 1. The molecule has 6 heteroatoms. The third kappa shape index (κ3) is 2.94. The zero-order valence-electron chi connectivity index (χ0n) is 9.43.